The molecule has 110 valence electrons. The molecule has 2 heterocycles. The summed E-state index contributed by atoms with van der Waals surface area (Å²) in [4.78, 5) is 20.9. The maximum absolute atomic E-state index is 12.3. The summed E-state index contributed by atoms with van der Waals surface area (Å²) in [6.07, 6.45) is 1.81. The van der Waals surface area contributed by atoms with Crippen molar-refractivity contribution in [2.45, 2.75) is 13.8 Å². The van der Waals surface area contributed by atoms with Crippen LogP contribution >= 0.6 is 0 Å². The molecule has 1 amide bonds. The third kappa shape index (κ3) is 3.70. The first-order valence-corrected chi connectivity index (χ1v) is 7.38. The van der Waals surface area contributed by atoms with Gasteiger partial charge in [0.1, 0.15) is 5.82 Å². The number of hydrogen-bond donors (Lipinski definition) is 1. The van der Waals surface area contributed by atoms with Gasteiger partial charge in [-0.15, -0.1) is 0 Å². The van der Waals surface area contributed by atoms with Gasteiger partial charge in [-0.3, -0.25) is 4.79 Å². The molecule has 0 aliphatic carbocycles. The number of piperazine rings is 1. The Morgan fingerprint density at radius 3 is 2.70 bits per heavy atom. The summed E-state index contributed by atoms with van der Waals surface area (Å²) in [6.45, 7) is 9.00. The number of rotatable bonds is 5. The summed E-state index contributed by atoms with van der Waals surface area (Å²) >= 11 is 0. The number of hydrogen-bond acceptors (Lipinski definition) is 4. The Kier molecular flexibility index (Phi) is 5.35. The summed E-state index contributed by atoms with van der Waals surface area (Å²) < 4.78 is 0. The Morgan fingerprint density at radius 2 is 2.10 bits per heavy atom. The smallest absolute Gasteiger partial charge is 0.226 e. The predicted molar refractivity (Wildman–Crippen MR) is 80.7 cm³/mol. The molecule has 0 spiro atoms. The molecule has 1 aliphatic rings. The van der Waals surface area contributed by atoms with Gasteiger partial charge in [0.2, 0.25) is 5.91 Å². The Labute approximate surface area is 121 Å². The topological polar surface area (TPSA) is 48.5 Å². The van der Waals surface area contributed by atoms with Crippen LogP contribution < -0.4 is 10.2 Å². The second-order valence-corrected chi connectivity index (χ2v) is 5.21. The van der Waals surface area contributed by atoms with Gasteiger partial charge in [-0.05, 0) is 18.7 Å². The van der Waals surface area contributed by atoms with E-state index < -0.39 is 0 Å². The van der Waals surface area contributed by atoms with E-state index in [1.54, 1.807) is 0 Å². The minimum atomic E-state index is 0.0522. The van der Waals surface area contributed by atoms with Gasteiger partial charge >= 0.3 is 0 Å². The van der Waals surface area contributed by atoms with E-state index in [1.807, 2.05) is 36.2 Å². The molecule has 5 nitrogen and oxygen atoms in total. The average Bonchev–Trinajstić information content (AvgIpc) is 2.53. The second kappa shape index (κ2) is 7.24. The summed E-state index contributed by atoms with van der Waals surface area (Å²) in [5, 5.41) is 3.23. The quantitative estimate of drug-likeness (QED) is 0.871. The molecule has 0 radical (unpaired) electrons. The lowest BCUT2D eigenvalue weighted by Gasteiger charge is -2.36. The maximum atomic E-state index is 12.3. The first-order valence-electron chi connectivity index (χ1n) is 7.38. The number of nitrogens with zero attached hydrogens (tertiary/aromatic N) is 3. The molecule has 0 saturated carbocycles. The number of pyridine rings is 1. The SMILES string of the molecule is CCNCC(C)C(=O)N1CCN(c2ccccn2)CC1. The summed E-state index contributed by atoms with van der Waals surface area (Å²) in [7, 11) is 0. The predicted octanol–water partition coefficient (Wildman–Crippen LogP) is 0.976. The van der Waals surface area contributed by atoms with Crippen LogP contribution in [0, 0.1) is 5.92 Å². The molecule has 20 heavy (non-hydrogen) atoms. The van der Waals surface area contributed by atoms with E-state index in [-0.39, 0.29) is 11.8 Å². The fraction of sp³-hybridized carbons (Fsp3) is 0.600. The molecule has 0 aromatic carbocycles. The summed E-state index contributed by atoms with van der Waals surface area (Å²) in [5.74, 6) is 1.31. The Balaban J connectivity index is 1.83. The molecule has 1 unspecified atom stereocenters. The number of aromatic nitrogens is 1. The molecule has 1 aromatic rings. The van der Waals surface area contributed by atoms with Crippen molar-refractivity contribution < 1.29 is 4.79 Å². The normalized spacial score (nSPS) is 17.1. The van der Waals surface area contributed by atoms with Gasteiger partial charge in [-0.1, -0.05) is 19.9 Å². The fourth-order valence-corrected chi connectivity index (χ4v) is 2.46. The van der Waals surface area contributed by atoms with Crippen LogP contribution in [0.25, 0.3) is 0 Å². The highest BCUT2D eigenvalue weighted by Crippen LogP contribution is 2.13. The van der Waals surface area contributed by atoms with Crippen LogP contribution in [0.3, 0.4) is 0 Å². The van der Waals surface area contributed by atoms with Gasteiger partial charge in [-0.2, -0.15) is 0 Å². The highest BCUT2D eigenvalue weighted by Gasteiger charge is 2.24. The molecule has 2 rings (SSSR count). The van der Waals surface area contributed by atoms with Gasteiger partial charge in [0.25, 0.3) is 0 Å². The highest BCUT2D eigenvalue weighted by molar-refractivity contribution is 5.79. The third-order valence-electron chi connectivity index (χ3n) is 3.69. The average molecular weight is 276 g/mol. The number of nitrogens with one attached hydrogen (secondary N) is 1. The van der Waals surface area contributed by atoms with Gasteiger partial charge in [0.05, 0.1) is 0 Å². The van der Waals surface area contributed by atoms with Crippen molar-refractivity contribution in [2.75, 3.05) is 44.2 Å². The van der Waals surface area contributed by atoms with Crippen LogP contribution in [0.2, 0.25) is 0 Å². The van der Waals surface area contributed by atoms with Crippen molar-refractivity contribution in [3.05, 3.63) is 24.4 Å². The maximum Gasteiger partial charge on any atom is 0.226 e. The van der Waals surface area contributed by atoms with Crippen molar-refractivity contribution in [3.63, 3.8) is 0 Å². The van der Waals surface area contributed by atoms with Crippen LogP contribution in [0.15, 0.2) is 24.4 Å². The zero-order valence-electron chi connectivity index (χ0n) is 12.4. The minimum absolute atomic E-state index is 0.0522. The van der Waals surface area contributed by atoms with Crippen LogP contribution in [0.5, 0.6) is 0 Å². The lowest BCUT2D eigenvalue weighted by atomic mass is 10.1. The van der Waals surface area contributed by atoms with Crippen LogP contribution in [0.1, 0.15) is 13.8 Å². The Morgan fingerprint density at radius 1 is 1.35 bits per heavy atom. The van der Waals surface area contributed by atoms with Crippen LogP contribution in [-0.2, 0) is 4.79 Å². The number of amides is 1. The van der Waals surface area contributed by atoms with Crippen molar-refractivity contribution in [2.24, 2.45) is 5.92 Å². The highest BCUT2D eigenvalue weighted by atomic mass is 16.2. The van der Waals surface area contributed by atoms with E-state index in [0.717, 1.165) is 45.1 Å². The lowest BCUT2D eigenvalue weighted by molar-refractivity contribution is -0.135. The van der Waals surface area contributed by atoms with E-state index in [9.17, 15) is 4.79 Å². The van der Waals surface area contributed by atoms with E-state index in [4.69, 9.17) is 0 Å². The lowest BCUT2D eigenvalue weighted by Crippen LogP contribution is -2.51. The van der Waals surface area contributed by atoms with Crippen molar-refractivity contribution >= 4 is 11.7 Å². The number of anilines is 1. The molecule has 1 saturated heterocycles. The molecule has 0 bridgehead atoms. The molecule has 5 heteroatoms. The van der Waals surface area contributed by atoms with Gasteiger partial charge in [-0.25, -0.2) is 4.98 Å². The van der Waals surface area contributed by atoms with E-state index >= 15 is 0 Å². The van der Waals surface area contributed by atoms with E-state index in [1.165, 1.54) is 0 Å². The first kappa shape index (κ1) is 14.8. The second-order valence-electron chi connectivity index (χ2n) is 5.21. The molecule has 1 aromatic heterocycles. The Bertz CT molecular complexity index is 415. The van der Waals surface area contributed by atoms with Gasteiger partial charge in [0, 0.05) is 44.8 Å². The number of carbonyl (C=O) groups is 1. The van der Waals surface area contributed by atoms with Crippen molar-refractivity contribution in [1.82, 2.24) is 15.2 Å². The molecule has 1 aliphatic heterocycles. The van der Waals surface area contributed by atoms with E-state index in [2.05, 4.69) is 22.1 Å². The third-order valence-corrected chi connectivity index (χ3v) is 3.69. The van der Waals surface area contributed by atoms with Gasteiger partial charge < -0.3 is 15.1 Å². The summed E-state index contributed by atoms with van der Waals surface area (Å²) in [6, 6.07) is 5.94. The standard InChI is InChI=1S/C15H24N4O/c1-3-16-12-13(2)15(20)19-10-8-18(9-11-19)14-6-4-5-7-17-14/h4-7,13,16H,3,8-12H2,1-2H3. The number of carbonyl (C=O) groups excluding carboxylic acids is 1. The molecule has 1 N–H and O–H groups in total. The minimum Gasteiger partial charge on any atom is -0.353 e. The Hall–Kier alpha value is -1.62. The zero-order valence-corrected chi connectivity index (χ0v) is 12.4. The first-order chi connectivity index (χ1) is 9.72. The molecular weight excluding hydrogens is 252 g/mol. The van der Waals surface area contributed by atoms with Crippen molar-refractivity contribution in [1.29, 1.82) is 0 Å². The zero-order chi connectivity index (χ0) is 14.4. The molecular formula is C15H24N4O. The van der Waals surface area contributed by atoms with Crippen LogP contribution in [0.4, 0.5) is 5.82 Å². The summed E-state index contributed by atoms with van der Waals surface area (Å²) in [5.41, 5.74) is 0. The largest absolute Gasteiger partial charge is 0.353 e. The van der Waals surface area contributed by atoms with Gasteiger partial charge in [0.15, 0.2) is 0 Å². The van der Waals surface area contributed by atoms with Crippen molar-refractivity contribution in [3.8, 4) is 0 Å². The van der Waals surface area contributed by atoms with E-state index in [0.29, 0.717) is 0 Å². The molecule has 1 fully saturated rings. The molecule has 1 atom stereocenters. The fourth-order valence-electron chi connectivity index (χ4n) is 2.46. The van der Waals surface area contributed by atoms with Crippen LogP contribution in [-0.4, -0.2) is 55.1 Å². The monoisotopic (exact) mass is 276 g/mol.